The molecule has 0 aliphatic carbocycles. The van der Waals surface area contributed by atoms with E-state index in [1.807, 2.05) is 0 Å². The Morgan fingerprint density at radius 2 is 2.00 bits per heavy atom. The Bertz CT molecular complexity index is 545. The van der Waals surface area contributed by atoms with Crippen molar-refractivity contribution in [2.75, 3.05) is 26.7 Å². The third-order valence-corrected chi connectivity index (χ3v) is 3.78. The highest BCUT2D eigenvalue weighted by Gasteiger charge is 2.18. The molecule has 7 heteroatoms. The van der Waals surface area contributed by atoms with E-state index in [1.165, 1.54) is 0 Å². The van der Waals surface area contributed by atoms with Crippen molar-refractivity contribution in [2.24, 2.45) is 0 Å². The van der Waals surface area contributed by atoms with E-state index in [-0.39, 0.29) is 19.0 Å². The summed E-state index contributed by atoms with van der Waals surface area (Å²) in [6.45, 7) is 1.84. The van der Waals surface area contributed by atoms with Gasteiger partial charge in [0.2, 0.25) is 5.91 Å². The molecule has 0 aromatic heterocycles. The number of methoxy groups -OCH3 is 1. The lowest BCUT2D eigenvalue weighted by Gasteiger charge is -2.16. The number of benzene rings is 1. The molecule has 1 aromatic carbocycles. The van der Waals surface area contributed by atoms with Gasteiger partial charge in [-0.2, -0.15) is 0 Å². The number of amides is 3. The zero-order valence-electron chi connectivity index (χ0n) is 12.5. The maximum Gasteiger partial charge on any atom is 0.315 e. The summed E-state index contributed by atoms with van der Waals surface area (Å²) in [6.07, 6.45) is 2.07. The number of carbonyl (C=O) groups excluding carboxylic acids is 2. The van der Waals surface area contributed by atoms with Crippen molar-refractivity contribution in [3.8, 4) is 5.75 Å². The van der Waals surface area contributed by atoms with Crippen molar-refractivity contribution in [1.29, 1.82) is 0 Å². The van der Waals surface area contributed by atoms with E-state index in [0.717, 1.165) is 31.5 Å². The Kier molecular flexibility index (Phi) is 5.89. The van der Waals surface area contributed by atoms with Crippen LogP contribution in [0.5, 0.6) is 5.75 Å². The number of rotatable bonds is 5. The molecule has 0 atom stereocenters. The molecule has 1 saturated heterocycles. The number of likely N-dealkylation sites (tertiary alicyclic amines) is 1. The lowest BCUT2D eigenvalue weighted by Crippen LogP contribution is -2.42. The van der Waals surface area contributed by atoms with Gasteiger partial charge in [0.05, 0.1) is 13.7 Å². The molecule has 2 rings (SSSR count). The fraction of sp³-hybridized carbons (Fsp3) is 0.467. The maximum absolute atomic E-state index is 11.8. The molecule has 0 unspecified atom stereocenters. The van der Waals surface area contributed by atoms with Crippen molar-refractivity contribution in [2.45, 2.75) is 19.4 Å². The third kappa shape index (κ3) is 4.53. The summed E-state index contributed by atoms with van der Waals surface area (Å²) < 4.78 is 5.21. The van der Waals surface area contributed by atoms with Gasteiger partial charge in [-0.15, -0.1) is 0 Å². The van der Waals surface area contributed by atoms with Crippen LogP contribution in [0.15, 0.2) is 18.2 Å². The van der Waals surface area contributed by atoms with Crippen molar-refractivity contribution < 1.29 is 14.3 Å². The summed E-state index contributed by atoms with van der Waals surface area (Å²) in [5.41, 5.74) is 0.774. The predicted molar refractivity (Wildman–Crippen MR) is 84.1 cm³/mol. The van der Waals surface area contributed by atoms with Crippen LogP contribution in [0.3, 0.4) is 0 Å². The minimum atomic E-state index is -0.394. The summed E-state index contributed by atoms with van der Waals surface area (Å²) in [4.78, 5) is 25.3. The average Bonchev–Trinajstić information content (AvgIpc) is 3.05. The Balaban J connectivity index is 1.78. The van der Waals surface area contributed by atoms with Crippen LogP contribution < -0.4 is 15.4 Å². The number of urea groups is 1. The standard InChI is InChI=1S/C15H20ClN3O3/c1-22-13-5-4-12(16)8-11(13)9-17-15(21)18-10-14(20)19-6-2-3-7-19/h4-5,8H,2-3,6-7,9-10H2,1H3,(H2,17,18,21). The Morgan fingerprint density at radius 1 is 1.27 bits per heavy atom. The van der Waals surface area contributed by atoms with E-state index >= 15 is 0 Å². The molecule has 0 bridgehead atoms. The number of ether oxygens (including phenoxy) is 1. The zero-order chi connectivity index (χ0) is 15.9. The van der Waals surface area contributed by atoms with Crippen LogP contribution in [-0.2, 0) is 11.3 Å². The van der Waals surface area contributed by atoms with Gasteiger partial charge in [0.1, 0.15) is 5.75 Å². The summed E-state index contributed by atoms with van der Waals surface area (Å²) in [6, 6.07) is 4.80. The van der Waals surface area contributed by atoms with Crippen molar-refractivity contribution in [1.82, 2.24) is 15.5 Å². The topological polar surface area (TPSA) is 70.7 Å². The van der Waals surface area contributed by atoms with Crippen molar-refractivity contribution in [3.63, 3.8) is 0 Å². The van der Waals surface area contributed by atoms with Crippen molar-refractivity contribution in [3.05, 3.63) is 28.8 Å². The maximum atomic E-state index is 11.8. The second-order valence-electron chi connectivity index (χ2n) is 5.08. The van der Waals surface area contributed by atoms with E-state index in [0.29, 0.717) is 10.8 Å². The molecule has 2 N–H and O–H groups in total. The monoisotopic (exact) mass is 325 g/mol. The first-order valence-electron chi connectivity index (χ1n) is 7.22. The van der Waals surface area contributed by atoms with E-state index in [9.17, 15) is 9.59 Å². The number of hydrogen-bond donors (Lipinski definition) is 2. The molecule has 6 nitrogen and oxygen atoms in total. The first-order valence-corrected chi connectivity index (χ1v) is 7.60. The van der Waals surface area contributed by atoms with Gasteiger partial charge in [-0.1, -0.05) is 11.6 Å². The number of nitrogens with one attached hydrogen (secondary N) is 2. The minimum Gasteiger partial charge on any atom is -0.496 e. The van der Waals surface area contributed by atoms with Gasteiger partial charge in [-0.3, -0.25) is 4.79 Å². The van der Waals surface area contributed by atoms with Crippen LogP contribution >= 0.6 is 11.6 Å². The molecule has 1 aliphatic heterocycles. The van der Waals surface area contributed by atoms with Gasteiger partial charge in [0.15, 0.2) is 0 Å². The Morgan fingerprint density at radius 3 is 2.68 bits per heavy atom. The highest BCUT2D eigenvalue weighted by molar-refractivity contribution is 6.30. The van der Waals surface area contributed by atoms with Gasteiger partial charge < -0.3 is 20.3 Å². The second-order valence-corrected chi connectivity index (χ2v) is 5.52. The number of halogens is 1. The lowest BCUT2D eigenvalue weighted by atomic mass is 10.2. The Labute approximate surface area is 134 Å². The fourth-order valence-electron chi connectivity index (χ4n) is 2.36. The first kappa shape index (κ1) is 16.4. The third-order valence-electron chi connectivity index (χ3n) is 3.54. The number of hydrogen-bond acceptors (Lipinski definition) is 3. The highest BCUT2D eigenvalue weighted by atomic mass is 35.5. The molecule has 22 heavy (non-hydrogen) atoms. The number of nitrogens with zero attached hydrogens (tertiary/aromatic N) is 1. The SMILES string of the molecule is COc1ccc(Cl)cc1CNC(=O)NCC(=O)N1CCCC1. The molecule has 1 fully saturated rings. The summed E-state index contributed by atoms with van der Waals surface area (Å²) in [7, 11) is 1.56. The van der Waals surface area contributed by atoms with E-state index < -0.39 is 6.03 Å². The smallest absolute Gasteiger partial charge is 0.315 e. The van der Waals surface area contributed by atoms with Crippen LogP contribution in [0.4, 0.5) is 4.79 Å². The normalized spacial score (nSPS) is 13.8. The lowest BCUT2D eigenvalue weighted by molar-refractivity contribution is -0.128. The van der Waals surface area contributed by atoms with Crippen LogP contribution in [-0.4, -0.2) is 43.6 Å². The van der Waals surface area contributed by atoms with Gasteiger partial charge in [0, 0.05) is 30.2 Å². The van der Waals surface area contributed by atoms with E-state index in [4.69, 9.17) is 16.3 Å². The summed E-state index contributed by atoms with van der Waals surface area (Å²) >= 11 is 5.93. The molecule has 3 amide bonds. The molecular formula is C15H20ClN3O3. The molecular weight excluding hydrogens is 306 g/mol. The van der Waals surface area contributed by atoms with E-state index in [2.05, 4.69) is 10.6 Å². The van der Waals surface area contributed by atoms with Crippen molar-refractivity contribution >= 4 is 23.5 Å². The molecule has 1 aromatic rings. The largest absolute Gasteiger partial charge is 0.496 e. The minimum absolute atomic E-state index is 0.0124. The Hall–Kier alpha value is -1.95. The summed E-state index contributed by atoms with van der Waals surface area (Å²) in [5.74, 6) is 0.603. The number of carbonyl (C=O) groups is 2. The average molecular weight is 326 g/mol. The molecule has 1 aliphatic rings. The molecule has 120 valence electrons. The molecule has 0 radical (unpaired) electrons. The molecule has 1 heterocycles. The summed E-state index contributed by atoms with van der Waals surface area (Å²) in [5, 5.41) is 5.83. The van der Waals surface area contributed by atoms with Gasteiger partial charge in [-0.25, -0.2) is 4.79 Å². The first-order chi connectivity index (χ1) is 10.6. The van der Waals surface area contributed by atoms with Crippen LogP contribution in [0.25, 0.3) is 0 Å². The fourth-order valence-corrected chi connectivity index (χ4v) is 2.55. The van der Waals surface area contributed by atoms with Gasteiger partial charge in [-0.05, 0) is 31.0 Å². The van der Waals surface area contributed by atoms with Gasteiger partial charge in [0.25, 0.3) is 0 Å². The van der Waals surface area contributed by atoms with Crippen LogP contribution in [0.1, 0.15) is 18.4 Å². The second kappa shape index (κ2) is 7.89. The van der Waals surface area contributed by atoms with Crippen LogP contribution in [0, 0.1) is 0 Å². The van der Waals surface area contributed by atoms with E-state index in [1.54, 1.807) is 30.2 Å². The molecule has 0 saturated carbocycles. The zero-order valence-corrected chi connectivity index (χ0v) is 13.3. The molecule has 0 spiro atoms. The van der Waals surface area contributed by atoms with Crippen LogP contribution in [0.2, 0.25) is 5.02 Å². The van der Waals surface area contributed by atoms with Gasteiger partial charge >= 0.3 is 6.03 Å². The predicted octanol–water partition coefficient (Wildman–Crippen LogP) is 1.77. The highest BCUT2D eigenvalue weighted by Crippen LogP contribution is 2.22. The quantitative estimate of drug-likeness (QED) is 0.866.